The number of allylic oxidation sites excluding steroid dienone is 1. The lowest BCUT2D eigenvalue weighted by Gasteiger charge is -2.19. The number of ether oxygens (including phenoxy) is 1. The third kappa shape index (κ3) is 2.84. The molecular weight excluding hydrogens is 316 g/mol. The Kier molecular flexibility index (Phi) is 4.11. The smallest absolute Gasteiger partial charge is 0.311 e. The van der Waals surface area contributed by atoms with Crippen molar-refractivity contribution in [2.75, 3.05) is 5.73 Å². The summed E-state index contributed by atoms with van der Waals surface area (Å²) in [5.74, 6) is 0.130. The zero-order valence-corrected chi connectivity index (χ0v) is 14.0. The Morgan fingerprint density at radius 2 is 2.30 bits per heavy atom. The Morgan fingerprint density at radius 3 is 2.96 bits per heavy atom. The van der Waals surface area contributed by atoms with E-state index in [1.165, 1.54) is 4.57 Å². The number of anilines is 1. The van der Waals surface area contributed by atoms with Gasteiger partial charge < -0.3 is 10.5 Å². The van der Waals surface area contributed by atoms with Crippen LogP contribution in [0.5, 0.6) is 0 Å². The molecule has 3 heterocycles. The highest BCUT2D eigenvalue weighted by atomic mass is 32.1. The van der Waals surface area contributed by atoms with Crippen LogP contribution in [0, 0.1) is 5.92 Å². The van der Waals surface area contributed by atoms with E-state index >= 15 is 0 Å². The van der Waals surface area contributed by atoms with E-state index in [9.17, 15) is 9.59 Å². The molecular formula is C15H20N4O3S. The largest absolute Gasteiger partial charge is 0.369 e. The lowest BCUT2D eigenvalue weighted by molar-refractivity contribution is -0.0123. The molecule has 1 aliphatic rings. The van der Waals surface area contributed by atoms with Crippen molar-refractivity contribution in [2.45, 2.75) is 45.4 Å². The van der Waals surface area contributed by atoms with Crippen LogP contribution in [0.2, 0.25) is 0 Å². The average Bonchev–Trinajstić information content (AvgIpc) is 2.99. The Balaban J connectivity index is 2.14. The van der Waals surface area contributed by atoms with Gasteiger partial charge in [0.2, 0.25) is 5.95 Å². The van der Waals surface area contributed by atoms with Gasteiger partial charge in [0.05, 0.1) is 6.10 Å². The molecule has 3 atom stereocenters. The summed E-state index contributed by atoms with van der Waals surface area (Å²) in [5.41, 5.74) is 6.59. The molecule has 3 rings (SSSR count). The predicted octanol–water partition coefficient (Wildman–Crippen LogP) is 2.01. The van der Waals surface area contributed by atoms with E-state index in [4.69, 9.17) is 10.5 Å². The van der Waals surface area contributed by atoms with Gasteiger partial charge in [-0.05, 0) is 26.2 Å². The van der Waals surface area contributed by atoms with E-state index < -0.39 is 11.8 Å². The number of nitrogen functional groups attached to an aromatic ring is 1. The van der Waals surface area contributed by atoms with E-state index in [2.05, 4.69) is 23.5 Å². The molecule has 23 heavy (non-hydrogen) atoms. The topological polar surface area (TPSA) is 103 Å². The summed E-state index contributed by atoms with van der Waals surface area (Å²) in [6, 6.07) is 0. The molecule has 7 nitrogen and oxygen atoms in total. The van der Waals surface area contributed by atoms with Crippen molar-refractivity contribution in [3.05, 3.63) is 32.2 Å². The number of rotatable bonds is 4. The van der Waals surface area contributed by atoms with E-state index in [0.717, 1.165) is 36.2 Å². The monoisotopic (exact) mass is 336 g/mol. The van der Waals surface area contributed by atoms with Gasteiger partial charge in [0.1, 0.15) is 10.9 Å². The molecule has 0 spiro atoms. The number of nitrogens with two attached hydrogens (primary N) is 1. The Hall–Kier alpha value is -1.93. The number of hydrogen-bond acceptors (Lipinski definition) is 6. The molecule has 0 aliphatic carbocycles. The molecule has 0 amide bonds. The number of hydrogen-bond donors (Lipinski definition) is 2. The van der Waals surface area contributed by atoms with Crippen LogP contribution in [0.15, 0.2) is 21.7 Å². The van der Waals surface area contributed by atoms with Crippen molar-refractivity contribution in [3.8, 4) is 0 Å². The fourth-order valence-electron chi connectivity index (χ4n) is 3.15. The highest BCUT2D eigenvalue weighted by molar-refractivity contribution is 7.16. The van der Waals surface area contributed by atoms with Crippen molar-refractivity contribution in [2.24, 2.45) is 5.92 Å². The highest BCUT2D eigenvalue weighted by Gasteiger charge is 2.37. The number of thiazole rings is 1. The van der Waals surface area contributed by atoms with Gasteiger partial charge >= 0.3 is 4.87 Å². The molecule has 0 saturated carbocycles. The van der Waals surface area contributed by atoms with Gasteiger partial charge in [-0.25, -0.2) is 0 Å². The number of H-pyrrole nitrogens is 1. The second kappa shape index (κ2) is 5.93. The van der Waals surface area contributed by atoms with Gasteiger partial charge in [0, 0.05) is 5.92 Å². The molecule has 0 unspecified atom stereocenters. The van der Waals surface area contributed by atoms with E-state index in [-0.39, 0.29) is 27.5 Å². The molecule has 3 N–H and O–H groups in total. The maximum atomic E-state index is 12.5. The molecule has 0 aromatic carbocycles. The van der Waals surface area contributed by atoms with E-state index in [1.807, 2.05) is 6.92 Å². The lowest BCUT2D eigenvalue weighted by Crippen LogP contribution is -2.25. The van der Waals surface area contributed by atoms with Crippen LogP contribution in [0.1, 0.15) is 39.3 Å². The van der Waals surface area contributed by atoms with Crippen molar-refractivity contribution >= 4 is 27.6 Å². The zero-order chi connectivity index (χ0) is 16.7. The molecule has 0 bridgehead atoms. The summed E-state index contributed by atoms with van der Waals surface area (Å²) in [4.78, 5) is 30.8. The second-order valence-electron chi connectivity index (χ2n) is 6.06. The van der Waals surface area contributed by atoms with Crippen LogP contribution in [0.4, 0.5) is 5.95 Å². The first-order valence-corrected chi connectivity index (χ1v) is 8.43. The first-order chi connectivity index (χ1) is 10.9. The van der Waals surface area contributed by atoms with E-state index in [1.54, 1.807) is 0 Å². The predicted molar refractivity (Wildman–Crippen MR) is 90.7 cm³/mol. The summed E-state index contributed by atoms with van der Waals surface area (Å²) < 4.78 is 7.83. The Bertz CT molecular complexity index is 866. The molecule has 8 heteroatoms. The Labute approximate surface area is 136 Å². The van der Waals surface area contributed by atoms with Gasteiger partial charge in [-0.1, -0.05) is 23.8 Å². The van der Waals surface area contributed by atoms with Crippen LogP contribution < -0.4 is 16.2 Å². The van der Waals surface area contributed by atoms with Gasteiger partial charge in [0.15, 0.2) is 5.65 Å². The number of nitrogens with one attached hydrogen (secondary N) is 1. The summed E-state index contributed by atoms with van der Waals surface area (Å²) in [7, 11) is 0. The van der Waals surface area contributed by atoms with Gasteiger partial charge in [0.25, 0.3) is 5.56 Å². The summed E-state index contributed by atoms with van der Waals surface area (Å²) >= 11 is 0.874. The number of aromatic nitrogens is 3. The summed E-state index contributed by atoms with van der Waals surface area (Å²) in [6.45, 7) is 7.99. The van der Waals surface area contributed by atoms with Crippen molar-refractivity contribution in [1.29, 1.82) is 0 Å². The van der Waals surface area contributed by atoms with Crippen LogP contribution in [0.25, 0.3) is 10.3 Å². The minimum Gasteiger partial charge on any atom is -0.369 e. The number of aromatic amines is 1. The second-order valence-corrected chi connectivity index (χ2v) is 7.02. The fourth-order valence-corrected chi connectivity index (χ4v) is 4.00. The number of nitrogens with zero attached hydrogens (tertiary/aromatic N) is 2. The standard InChI is InChI=1S/C15H20N4O3S/c1-4-9-6-8(5-7(2)3)13(22-9)19-11-10(23-15(19)21)12(20)18-14(16)17-11/h8-9,13H,2,4-6H2,1,3H3,(H3,16,17,18,20)/t8-,9-,13-/m1/s1. The highest BCUT2D eigenvalue weighted by Crippen LogP contribution is 2.39. The average molecular weight is 336 g/mol. The van der Waals surface area contributed by atoms with Crippen LogP contribution in [0.3, 0.4) is 0 Å². The third-order valence-electron chi connectivity index (χ3n) is 4.11. The number of fused-ring (bicyclic) bond motifs is 1. The molecule has 1 aliphatic heterocycles. The quantitative estimate of drug-likeness (QED) is 0.831. The van der Waals surface area contributed by atoms with Crippen LogP contribution in [-0.2, 0) is 4.74 Å². The zero-order valence-electron chi connectivity index (χ0n) is 13.2. The van der Waals surface area contributed by atoms with E-state index in [0.29, 0.717) is 5.65 Å². The summed E-state index contributed by atoms with van der Waals surface area (Å²) in [6.07, 6.45) is 2.15. The minimum absolute atomic E-state index is 0.00413. The third-order valence-corrected chi connectivity index (χ3v) is 5.06. The van der Waals surface area contributed by atoms with Crippen molar-refractivity contribution in [1.82, 2.24) is 14.5 Å². The first kappa shape index (κ1) is 15.9. The van der Waals surface area contributed by atoms with Gasteiger partial charge in [-0.3, -0.25) is 19.1 Å². The minimum atomic E-state index is -0.438. The molecule has 2 aromatic heterocycles. The molecule has 2 aromatic rings. The molecule has 0 radical (unpaired) electrons. The van der Waals surface area contributed by atoms with Crippen molar-refractivity contribution < 1.29 is 4.74 Å². The summed E-state index contributed by atoms with van der Waals surface area (Å²) in [5, 5.41) is 0. The molecule has 124 valence electrons. The SMILES string of the molecule is C=C(C)C[C@@H]1C[C@@H](CC)O[C@H]1n1c(=O)sc2c(=O)[nH]c(N)nc21. The molecule has 1 fully saturated rings. The van der Waals surface area contributed by atoms with Gasteiger partial charge in [-0.15, -0.1) is 6.58 Å². The maximum absolute atomic E-state index is 12.5. The Morgan fingerprint density at radius 1 is 1.57 bits per heavy atom. The fraction of sp³-hybridized carbons (Fsp3) is 0.533. The molecule has 1 saturated heterocycles. The maximum Gasteiger partial charge on any atom is 0.311 e. The normalized spacial score (nSPS) is 24.3. The van der Waals surface area contributed by atoms with Crippen LogP contribution in [-0.4, -0.2) is 20.6 Å². The first-order valence-electron chi connectivity index (χ1n) is 7.61. The van der Waals surface area contributed by atoms with Gasteiger partial charge in [-0.2, -0.15) is 4.98 Å². The van der Waals surface area contributed by atoms with Crippen LogP contribution >= 0.6 is 11.3 Å². The van der Waals surface area contributed by atoms with Crippen molar-refractivity contribution in [3.63, 3.8) is 0 Å². The lowest BCUT2D eigenvalue weighted by atomic mass is 9.95.